The van der Waals surface area contributed by atoms with Gasteiger partial charge < -0.3 is 15.0 Å². The fraction of sp³-hybridized carbons (Fsp3) is 0.611. The van der Waals surface area contributed by atoms with Crippen LogP contribution in [0.3, 0.4) is 0 Å². The molecule has 2 aliphatic rings. The van der Waals surface area contributed by atoms with Crippen LogP contribution in [0.1, 0.15) is 18.4 Å². The maximum Gasteiger partial charge on any atom is 0.243 e. The topological polar surface area (TPSA) is 79.0 Å². The molecule has 7 nitrogen and oxygen atoms in total. The molecule has 8 heteroatoms. The minimum absolute atomic E-state index is 0.165. The second kappa shape index (κ2) is 8.94. The van der Waals surface area contributed by atoms with Gasteiger partial charge in [-0.3, -0.25) is 4.79 Å². The molecule has 2 fully saturated rings. The summed E-state index contributed by atoms with van der Waals surface area (Å²) in [6, 6.07) is 6.90. The second-order valence-electron chi connectivity index (χ2n) is 6.64. The van der Waals surface area contributed by atoms with E-state index in [0.29, 0.717) is 44.0 Å². The molecule has 0 spiro atoms. The van der Waals surface area contributed by atoms with Crippen LogP contribution in [0.5, 0.6) is 0 Å². The van der Waals surface area contributed by atoms with Crippen LogP contribution in [0.25, 0.3) is 0 Å². The number of rotatable bonds is 5. The number of amides is 1. The van der Waals surface area contributed by atoms with Crippen molar-refractivity contribution in [2.45, 2.75) is 24.2 Å². The molecule has 1 aromatic rings. The van der Waals surface area contributed by atoms with Gasteiger partial charge in [-0.15, -0.1) is 0 Å². The van der Waals surface area contributed by atoms with E-state index in [4.69, 9.17) is 4.74 Å². The van der Waals surface area contributed by atoms with Crippen molar-refractivity contribution in [1.82, 2.24) is 14.5 Å². The SMILES string of the molecule is O=C(CCc1ccc(S(=O)(=O)N2CCOCC2)cc1)N1CCCNCC1. The number of carbonyl (C=O) groups is 1. The lowest BCUT2D eigenvalue weighted by atomic mass is 10.1. The van der Waals surface area contributed by atoms with E-state index in [0.717, 1.165) is 38.2 Å². The molecule has 3 rings (SSSR count). The van der Waals surface area contributed by atoms with Gasteiger partial charge in [0.15, 0.2) is 0 Å². The number of carbonyl (C=O) groups excluding carboxylic acids is 1. The van der Waals surface area contributed by atoms with Crippen molar-refractivity contribution in [1.29, 1.82) is 0 Å². The molecule has 0 atom stereocenters. The third-order valence-electron chi connectivity index (χ3n) is 4.85. The lowest BCUT2D eigenvalue weighted by Gasteiger charge is -2.26. The van der Waals surface area contributed by atoms with Gasteiger partial charge in [0.25, 0.3) is 0 Å². The van der Waals surface area contributed by atoms with Gasteiger partial charge >= 0.3 is 0 Å². The molecule has 2 saturated heterocycles. The molecule has 2 aliphatic heterocycles. The van der Waals surface area contributed by atoms with Crippen LogP contribution in [-0.4, -0.2) is 76.0 Å². The van der Waals surface area contributed by atoms with E-state index in [-0.39, 0.29) is 5.91 Å². The van der Waals surface area contributed by atoms with Gasteiger partial charge in [0.05, 0.1) is 18.1 Å². The van der Waals surface area contributed by atoms with E-state index in [1.54, 1.807) is 12.1 Å². The molecular weight excluding hydrogens is 354 g/mol. The van der Waals surface area contributed by atoms with Crippen LogP contribution >= 0.6 is 0 Å². The molecule has 2 heterocycles. The van der Waals surface area contributed by atoms with Gasteiger partial charge in [0.1, 0.15) is 0 Å². The Morgan fingerprint density at radius 1 is 1.04 bits per heavy atom. The first-order valence-electron chi connectivity index (χ1n) is 9.23. The molecule has 0 aromatic heterocycles. The number of hydrogen-bond donors (Lipinski definition) is 1. The maximum atomic E-state index is 12.6. The average Bonchev–Trinajstić information content (AvgIpc) is 2.97. The Bertz CT molecular complexity index is 692. The van der Waals surface area contributed by atoms with Crippen LogP contribution in [-0.2, 0) is 26.0 Å². The van der Waals surface area contributed by atoms with Crippen molar-refractivity contribution in [3.8, 4) is 0 Å². The molecule has 0 aliphatic carbocycles. The highest BCUT2D eigenvalue weighted by Gasteiger charge is 2.26. The summed E-state index contributed by atoms with van der Waals surface area (Å²) in [4.78, 5) is 14.6. The molecular formula is C18H27N3O4S. The minimum atomic E-state index is -3.46. The summed E-state index contributed by atoms with van der Waals surface area (Å²) in [5.74, 6) is 0.165. The average molecular weight is 381 g/mol. The third kappa shape index (κ3) is 4.82. The summed E-state index contributed by atoms with van der Waals surface area (Å²) in [5.41, 5.74) is 0.979. The Kier molecular flexibility index (Phi) is 6.63. The smallest absolute Gasteiger partial charge is 0.243 e. The highest BCUT2D eigenvalue weighted by molar-refractivity contribution is 7.89. The molecule has 144 valence electrons. The van der Waals surface area contributed by atoms with Gasteiger partial charge in [-0.2, -0.15) is 4.31 Å². The molecule has 1 amide bonds. The van der Waals surface area contributed by atoms with Gasteiger partial charge in [0, 0.05) is 39.1 Å². The molecule has 26 heavy (non-hydrogen) atoms. The van der Waals surface area contributed by atoms with Gasteiger partial charge in [-0.1, -0.05) is 12.1 Å². The summed E-state index contributed by atoms with van der Waals surface area (Å²) in [6.45, 7) is 5.03. The number of aryl methyl sites for hydroxylation is 1. The van der Waals surface area contributed by atoms with E-state index in [1.807, 2.05) is 17.0 Å². The van der Waals surface area contributed by atoms with Gasteiger partial charge in [-0.05, 0) is 37.1 Å². The second-order valence-corrected chi connectivity index (χ2v) is 8.58. The van der Waals surface area contributed by atoms with Crippen LogP contribution in [0.2, 0.25) is 0 Å². The summed E-state index contributed by atoms with van der Waals surface area (Å²) in [7, 11) is -3.46. The van der Waals surface area contributed by atoms with Crippen LogP contribution < -0.4 is 5.32 Å². The first-order chi connectivity index (χ1) is 12.6. The molecule has 0 saturated carbocycles. The zero-order valence-corrected chi connectivity index (χ0v) is 15.8. The van der Waals surface area contributed by atoms with E-state index in [1.165, 1.54) is 4.31 Å². The Hall–Kier alpha value is -1.48. The maximum absolute atomic E-state index is 12.6. The number of benzene rings is 1. The fourth-order valence-electron chi connectivity index (χ4n) is 3.27. The standard InChI is InChI=1S/C18H27N3O4S/c22-18(20-10-1-8-19-9-11-20)7-4-16-2-5-17(6-3-16)26(23,24)21-12-14-25-15-13-21/h2-3,5-6,19H,1,4,7-15H2. The lowest BCUT2D eigenvalue weighted by molar-refractivity contribution is -0.130. The van der Waals surface area contributed by atoms with Crippen LogP contribution in [0, 0.1) is 0 Å². The summed E-state index contributed by atoms with van der Waals surface area (Å²) in [5, 5.41) is 3.29. The summed E-state index contributed by atoms with van der Waals surface area (Å²) >= 11 is 0. The molecule has 0 unspecified atom stereocenters. The van der Waals surface area contributed by atoms with E-state index in [2.05, 4.69) is 5.32 Å². The van der Waals surface area contributed by atoms with Crippen molar-refractivity contribution in [2.75, 3.05) is 52.5 Å². The molecule has 1 aromatic carbocycles. The first kappa shape index (κ1) is 19.3. The molecule has 0 radical (unpaired) electrons. The van der Waals surface area contributed by atoms with Crippen LogP contribution in [0.4, 0.5) is 0 Å². The number of morpholine rings is 1. The number of nitrogens with one attached hydrogen (secondary N) is 1. The zero-order valence-electron chi connectivity index (χ0n) is 15.0. The normalized spacial score (nSPS) is 19.9. The van der Waals surface area contributed by atoms with E-state index < -0.39 is 10.0 Å². The summed E-state index contributed by atoms with van der Waals surface area (Å²) < 4.78 is 31.9. The molecule has 1 N–H and O–H groups in total. The van der Waals surface area contributed by atoms with Crippen molar-refractivity contribution in [3.63, 3.8) is 0 Å². The summed E-state index contributed by atoms with van der Waals surface area (Å²) in [6.07, 6.45) is 2.07. The largest absolute Gasteiger partial charge is 0.379 e. The lowest BCUT2D eigenvalue weighted by Crippen LogP contribution is -2.40. The predicted molar refractivity (Wildman–Crippen MR) is 98.4 cm³/mol. The third-order valence-corrected chi connectivity index (χ3v) is 6.76. The van der Waals surface area contributed by atoms with Crippen molar-refractivity contribution in [2.24, 2.45) is 0 Å². The quantitative estimate of drug-likeness (QED) is 0.802. The Labute approximate surface area is 155 Å². The zero-order chi connectivity index (χ0) is 18.4. The van der Waals surface area contributed by atoms with Gasteiger partial charge in [0.2, 0.25) is 15.9 Å². The number of hydrogen-bond acceptors (Lipinski definition) is 5. The Balaban J connectivity index is 1.56. The van der Waals surface area contributed by atoms with Gasteiger partial charge in [-0.25, -0.2) is 8.42 Å². The van der Waals surface area contributed by atoms with Crippen molar-refractivity contribution in [3.05, 3.63) is 29.8 Å². The predicted octanol–water partition coefficient (Wildman–Crippen LogP) is 0.462. The highest BCUT2D eigenvalue weighted by atomic mass is 32.2. The monoisotopic (exact) mass is 381 g/mol. The number of nitrogens with zero attached hydrogens (tertiary/aromatic N) is 2. The highest BCUT2D eigenvalue weighted by Crippen LogP contribution is 2.18. The number of sulfonamides is 1. The number of ether oxygens (including phenoxy) is 1. The van der Waals surface area contributed by atoms with E-state index >= 15 is 0 Å². The van der Waals surface area contributed by atoms with Crippen molar-refractivity contribution < 1.29 is 17.9 Å². The minimum Gasteiger partial charge on any atom is -0.379 e. The fourth-order valence-corrected chi connectivity index (χ4v) is 4.68. The molecule has 0 bridgehead atoms. The first-order valence-corrected chi connectivity index (χ1v) is 10.7. The van der Waals surface area contributed by atoms with E-state index in [9.17, 15) is 13.2 Å². The van der Waals surface area contributed by atoms with Crippen molar-refractivity contribution >= 4 is 15.9 Å². The Morgan fingerprint density at radius 3 is 2.50 bits per heavy atom. The van der Waals surface area contributed by atoms with Crippen LogP contribution in [0.15, 0.2) is 29.2 Å². The Morgan fingerprint density at radius 2 is 1.77 bits per heavy atom.